The molecule has 0 amide bonds. The highest BCUT2D eigenvalue weighted by Crippen LogP contribution is 2.31. The van der Waals surface area contributed by atoms with Gasteiger partial charge >= 0.3 is 0 Å². The highest BCUT2D eigenvalue weighted by molar-refractivity contribution is 6.30. The molecule has 0 radical (unpaired) electrons. The maximum absolute atomic E-state index is 6.10. The second-order valence-corrected chi connectivity index (χ2v) is 6.47. The lowest BCUT2D eigenvalue weighted by molar-refractivity contribution is 0.460. The molecule has 0 atom stereocenters. The quantitative estimate of drug-likeness (QED) is 0.359. The van der Waals surface area contributed by atoms with Gasteiger partial charge in [-0.15, -0.1) is 0 Å². The first kappa shape index (κ1) is 17.2. The van der Waals surface area contributed by atoms with Crippen molar-refractivity contribution >= 4 is 11.6 Å². The summed E-state index contributed by atoms with van der Waals surface area (Å²) in [5.41, 5.74) is 2.10. The number of hydrogen-bond acceptors (Lipinski definition) is 2. The van der Waals surface area contributed by atoms with E-state index in [9.17, 15) is 0 Å². The van der Waals surface area contributed by atoms with Crippen molar-refractivity contribution in [1.29, 1.82) is 0 Å². The summed E-state index contributed by atoms with van der Waals surface area (Å²) in [6.45, 7) is 0. The van der Waals surface area contributed by atoms with E-state index in [0.29, 0.717) is 10.8 Å². The first-order chi connectivity index (χ1) is 13.3. The first-order valence-corrected chi connectivity index (χ1v) is 9.01. The summed E-state index contributed by atoms with van der Waals surface area (Å²) < 4.78 is 11.9. The smallest absolute Gasteiger partial charge is 0.131 e. The molecule has 0 bridgehead atoms. The van der Waals surface area contributed by atoms with Crippen molar-refractivity contribution in [2.24, 2.45) is 0 Å². The minimum atomic E-state index is 0.713. The SMILES string of the molecule is Clc1cccc(-c2cccc(Oc3cccc(Oc4ccccc4)c3)c2)c1. The predicted molar refractivity (Wildman–Crippen MR) is 110 cm³/mol. The average molecular weight is 373 g/mol. The zero-order valence-electron chi connectivity index (χ0n) is 14.5. The number of para-hydroxylation sites is 1. The van der Waals surface area contributed by atoms with E-state index >= 15 is 0 Å². The van der Waals surface area contributed by atoms with E-state index in [1.807, 2.05) is 103 Å². The molecule has 0 heterocycles. The molecule has 3 heteroatoms. The van der Waals surface area contributed by atoms with Crippen LogP contribution in [0, 0.1) is 0 Å². The Hall–Kier alpha value is -3.23. The second-order valence-electron chi connectivity index (χ2n) is 6.03. The van der Waals surface area contributed by atoms with Crippen molar-refractivity contribution in [1.82, 2.24) is 0 Å². The molecule has 4 rings (SSSR count). The van der Waals surface area contributed by atoms with Gasteiger partial charge in [0.2, 0.25) is 0 Å². The third-order valence-electron chi connectivity index (χ3n) is 4.01. The molecule has 0 N–H and O–H groups in total. The van der Waals surface area contributed by atoms with Crippen molar-refractivity contribution in [3.05, 3.63) is 108 Å². The topological polar surface area (TPSA) is 18.5 Å². The highest BCUT2D eigenvalue weighted by atomic mass is 35.5. The van der Waals surface area contributed by atoms with Gasteiger partial charge in [-0.2, -0.15) is 0 Å². The van der Waals surface area contributed by atoms with Crippen LogP contribution in [0.5, 0.6) is 23.0 Å². The van der Waals surface area contributed by atoms with E-state index in [4.69, 9.17) is 21.1 Å². The van der Waals surface area contributed by atoms with Crippen molar-refractivity contribution < 1.29 is 9.47 Å². The third kappa shape index (κ3) is 4.49. The number of rotatable bonds is 5. The molecule has 0 fully saturated rings. The standard InChI is InChI=1S/C24H17ClO2/c25-20-9-4-7-18(15-20)19-8-5-12-22(16-19)27-24-14-6-13-23(17-24)26-21-10-2-1-3-11-21/h1-17H. The summed E-state index contributed by atoms with van der Waals surface area (Å²) >= 11 is 6.10. The molecular weight excluding hydrogens is 356 g/mol. The maximum atomic E-state index is 6.10. The average Bonchev–Trinajstić information content (AvgIpc) is 2.69. The predicted octanol–water partition coefficient (Wildman–Crippen LogP) is 7.59. The molecule has 0 saturated carbocycles. The normalized spacial score (nSPS) is 10.4. The lowest BCUT2D eigenvalue weighted by Gasteiger charge is -2.10. The van der Waals surface area contributed by atoms with E-state index < -0.39 is 0 Å². The Morgan fingerprint density at radius 2 is 0.963 bits per heavy atom. The van der Waals surface area contributed by atoms with Crippen molar-refractivity contribution in [3.63, 3.8) is 0 Å². The van der Waals surface area contributed by atoms with Gasteiger partial charge in [0.15, 0.2) is 0 Å². The molecule has 0 aliphatic heterocycles. The van der Waals surface area contributed by atoms with E-state index in [2.05, 4.69) is 0 Å². The Bertz CT molecular complexity index is 1040. The molecule has 27 heavy (non-hydrogen) atoms. The van der Waals surface area contributed by atoms with E-state index in [1.54, 1.807) is 0 Å². The Morgan fingerprint density at radius 3 is 1.67 bits per heavy atom. The number of halogens is 1. The van der Waals surface area contributed by atoms with Gasteiger partial charge in [-0.1, -0.05) is 60.1 Å². The Morgan fingerprint density at radius 1 is 0.444 bits per heavy atom. The zero-order chi connectivity index (χ0) is 18.5. The zero-order valence-corrected chi connectivity index (χ0v) is 15.3. The van der Waals surface area contributed by atoms with Gasteiger partial charge in [-0.25, -0.2) is 0 Å². The van der Waals surface area contributed by atoms with Crippen molar-refractivity contribution in [2.75, 3.05) is 0 Å². The molecule has 132 valence electrons. The van der Waals surface area contributed by atoms with Crippen LogP contribution < -0.4 is 9.47 Å². The Kier molecular flexibility index (Phi) is 5.08. The number of hydrogen-bond donors (Lipinski definition) is 0. The Labute approximate surface area is 163 Å². The maximum Gasteiger partial charge on any atom is 0.131 e. The molecule has 2 nitrogen and oxygen atoms in total. The molecule has 4 aromatic carbocycles. The summed E-state index contributed by atoms with van der Waals surface area (Å²) in [5, 5.41) is 0.713. The van der Waals surface area contributed by atoms with E-state index in [0.717, 1.165) is 28.4 Å². The highest BCUT2D eigenvalue weighted by Gasteiger charge is 2.04. The molecule has 4 aromatic rings. The van der Waals surface area contributed by atoms with Crippen molar-refractivity contribution in [3.8, 4) is 34.1 Å². The molecule has 0 unspecified atom stereocenters. The first-order valence-electron chi connectivity index (χ1n) is 8.63. The largest absolute Gasteiger partial charge is 0.457 e. The number of benzene rings is 4. The van der Waals surface area contributed by atoms with Gasteiger partial charge in [0.05, 0.1) is 0 Å². The molecule has 0 aromatic heterocycles. The summed E-state index contributed by atoms with van der Waals surface area (Å²) in [7, 11) is 0. The van der Waals surface area contributed by atoms with Crippen LogP contribution >= 0.6 is 11.6 Å². The van der Waals surface area contributed by atoms with Gasteiger partial charge in [0, 0.05) is 11.1 Å². The van der Waals surface area contributed by atoms with Crippen molar-refractivity contribution in [2.45, 2.75) is 0 Å². The fraction of sp³-hybridized carbons (Fsp3) is 0. The number of ether oxygens (including phenoxy) is 2. The lowest BCUT2D eigenvalue weighted by Crippen LogP contribution is -1.87. The van der Waals surface area contributed by atoms with Gasteiger partial charge < -0.3 is 9.47 Å². The minimum Gasteiger partial charge on any atom is -0.457 e. The van der Waals surface area contributed by atoms with Crippen LogP contribution in [0.25, 0.3) is 11.1 Å². The third-order valence-corrected chi connectivity index (χ3v) is 4.25. The van der Waals surface area contributed by atoms with Crippen LogP contribution in [0.4, 0.5) is 0 Å². The Balaban J connectivity index is 1.54. The van der Waals surface area contributed by atoms with Crippen LogP contribution in [-0.2, 0) is 0 Å². The van der Waals surface area contributed by atoms with Gasteiger partial charge in [-0.05, 0) is 59.7 Å². The summed E-state index contributed by atoms with van der Waals surface area (Å²) in [5.74, 6) is 2.98. The van der Waals surface area contributed by atoms with Gasteiger partial charge in [0.25, 0.3) is 0 Å². The second kappa shape index (κ2) is 7.98. The van der Waals surface area contributed by atoms with E-state index in [1.165, 1.54) is 0 Å². The monoisotopic (exact) mass is 372 g/mol. The summed E-state index contributed by atoms with van der Waals surface area (Å²) in [6, 6.07) is 33.0. The summed E-state index contributed by atoms with van der Waals surface area (Å²) in [4.78, 5) is 0. The van der Waals surface area contributed by atoms with Crippen LogP contribution in [0.1, 0.15) is 0 Å². The minimum absolute atomic E-state index is 0.713. The van der Waals surface area contributed by atoms with Crippen LogP contribution in [0.3, 0.4) is 0 Å². The summed E-state index contributed by atoms with van der Waals surface area (Å²) in [6.07, 6.45) is 0. The van der Waals surface area contributed by atoms with Gasteiger partial charge in [-0.3, -0.25) is 0 Å². The molecule has 0 saturated heterocycles. The molecule has 0 spiro atoms. The van der Waals surface area contributed by atoms with Crippen LogP contribution in [0.15, 0.2) is 103 Å². The van der Waals surface area contributed by atoms with Crippen LogP contribution in [-0.4, -0.2) is 0 Å². The molecular formula is C24H17ClO2. The van der Waals surface area contributed by atoms with Gasteiger partial charge in [0.1, 0.15) is 23.0 Å². The molecule has 0 aliphatic rings. The van der Waals surface area contributed by atoms with Crippen LogP contribution in [0.2, 0.25) is 5.02 Å². The fourth-order valence-electron chi connectivity index (χ4n) is 2.77. The molecule has 0 aliphatic carbocycles. The fourth-order valence-corrected chi connectivity index (χ4v) is 2.96. The lowest BCUT2D eigenvalue weighted by atomic mass is 10.1. The van der Waals surface area contributed by atoms with E-state index in [-0.39, 0.29) is 0 Å².